The van der Waals surface area contributed by atoms with E-state index in [-0.39, 0.29) is 23.4 Å². The minimum atomic E-state index is -0.381. The van der Waals surface area contributed by atoms with Crippen LogP contribution in [0.2, 0.25) is 0 Å². The van der Waals surface area contributed by atoms with Gasteiger partial charge in [-0.3, -0.25) is 4.79 Å². The molecule has 0 bridgehead atoms. The Morgan fingerprint density at radius 1 is 1.60 bits per heavy atom. The van der Waals surface area contributed by atoms with Crippen LogP contribution in [0, 0.1) is 0 Å². The molecular weight excluding hydrogens is 214 g/mol. The van der Waals surface area contributed by atoms with E-state index in [9.17, 15) is 9.90 Å². The second-order valence-corrected chi connectivity index (χ2v) is 5.12. The van der Waals surface area contributed by atoms with Crippen LogP contribution in [0.1, 0.15) is 25.7 Å². The number of esters is 1. The average Bonchev–Trinajstić information content (AvgIpc) is 2.55. The summed E-state index contributed by atoms with van der Waals surface area (Å²) >= 11 is 1.73. The van der Waals surface area contributed by atoms with Crippen molar-refractivity contribution >= 4 is 17.7 Å². The third-order valence-electron chi connectivity index (χ3n) is 2.67. The van der Waals surface area contributed by atoms with Crippen molar-refractivity contribution in [2.75, 3.05) is 12.9 Å². The molecule has 0 aromatic carbocycles. The van der Waals surface area contributed by atoms with Gasteiger partial charge in [-0.25, -0.2) is 0 Å². The van der Waals surface area contributed by atoms with Gasteiger partial charge < -0.3 is 15.6 Å². The number of aliphatic hydroxyl groups excluding tert-OH is 1. The highest BCUT2D eigenvalue weighted by molar-refractivity contribution is 8.00. The standard InChI is InChI=1S/C10H19NO3S/c1-14-9(12)5-3-2-4-8-10(13)7(11)6-15-8/h7-8,10,13H,2-6,11H2,1H3/t7-,8-,10+/m1/s1. The molecular formula is C10H19NO3S. The van der Waals surface area contributed by atoms with E-state index in [4.69, 9.17) is 5.73 Å². The summed E-state index contributed by atoms with van der Waals surface area (Å²) < 4.78 is 4.55. The van der Waals surface area contributed by atoms with Gasteiger partial charge >= 0.3 is 5.97 Å². The van der Waals surface area contributed by atoms with Crippen molar-refractivity contribution in [3.63, 3.8) is 0 Å². The topological polar surface area (TPSA) is 72.5 Å². The van der Waals surface area contributed by atoms with E-state index in [0.717, 1.165) is 25.0 Å². The van der Waals surface area contributed by atoms with E-state index >= 15 is 0 Å². The zero-order chi connectivity index (χ0) is 11.3. The van der Waals surface area contributed by atoms with Crippen molar-refractivity contribution in [1.82, 2.24) is 0 Å². The van der Waals surface area contributed by atoms with Gasteiger partial charge in [0.2, 0.25) is 0 Å². The number of ether oxygens (including phenoxy) is 1. The molecule has 3 atom stereocenters. The molecule has 0 unspecified atom stereocenters. The molecule has 0 spiro atoms. The Balaban J connectivity index is 2.08. The van der Waals surface area contributed by atoms with E-state index in [1.807, 2.05) is 0 Å². The zero-order valence-electron chi connectivity index (χ0n) is 9.02. The SMILES string of the molecule is COC(=O)CCCC[C@H]1SC[C@@H](N)[C@@H]1O. The van der Waals surface area contributed by atoms with Gasteiger partial charge in [-0.15, -0.1) is 0 Å². The number of unbranched alkanes of at least 4 members (excludes halogenated alkanes) is 1. The predicted octanol–water partition coefficient (Wildman–Crippen LogP) is 0.523. The van der Waals surface area contributed by atoms with Gasteiger partial charge in [-0.2, -0.15) is 11.8 Å². The lowest BCUT2D eigenvalue weighted by molar-refractivity contribution is -0.140. The molecule has 0 aliphatic carbocycles. The molecule has 0 aromatic rings. The zero-order valence-corrected chi connectivity index (χ0v) is 9.83. The number of hydrogen-bond donors (Lipinski definition) is 2. The summed E-state index contributed by atoms with van der Waals surface area (Å²) in [5.74, 6) is 0.675. The first-order valence-corrected chi connectivity index (χ1v) is 6.32. The van der Waals surface area contributed by atoms with Crippen LogP contribution >= 0.6 is 11.8 Å². The normalized spacial score (nSPS) is 30.5. The first kappa shape index (κ1) is 12.8. The second kappa shape index (κ2) is 6.35. The molecule has 88 valence electrons. The van der Waals surface area contributed by atoms with Gasteiger partial charge in [-0.05, 0) is 12.8 Å². The number of aliphatic hydroxyl groups is 1. The Morgan fingerprint density at radius 2 is 2.33 bits per heavy atom. The minimum absolute atomic E-state index is 0.0828. The highest BCUT2D eigenvalue weighted by Gasteiger charge is 2.32. The maximum atomic E-state index is 10.8. The molecule has 0 amide bonds. The molecule has 1 fully saturated rings. The Hall–Kier alpha value is -0.260. The maximum Gasteiger partial charge on any atom is 0.305 e. The van der Waals surface area contributed by atoms with Gasteiger partial charge in [0.05, 0.1) is 13.2 Å². The summed E-state index contributed by atoms with van der Waals surface area (Å²) in [6.07, 6.45) is 2.78. The van der Waals surface area contributed by atoms with Gasteiger partial charge in [-0.1, -0.05) is 6.42 Å². The van der Waals surface area contributed by atoms with Crippen LogP contribution < -0.4 is 5.73 Å². The summed E-state index contributed by atoms with van der Waals surface area (Å²) in [7, 11) is 1.40. The summed E-state index contributed by atoms with van der Waals surface area (Å²) in [5.41, 5.74) is 5.70. The maximum absolute atomic E-state index is 10.8. The van der Waals surface area contributed by atoms with Crippen molar-refractivity contribution in [2.45, 2.75) is 43.1 Å². The van der Waals surface area contributed by atoms with Crippen molar-refractivity contribution in [2.24, 2.45) is 5.73 Å². The van der Waals surface area contributed by atoms with E-state index in [2.05, 4.69) is 4.74 Å². The Kier molecular flexibility index (Phi) is 5.42. The van der Waals surface area contributed by atoms with Crippen molar-refractivity contribution < 1.29 is 14.6 Å². The number of carbonyl (C=O) groups is 1. The first-order valence-electron chi connectivity index (χ1n) is 5.27. The second-order valence-electron chi connectivity index (χ2n) is 3.85. The van der Waals surface area contributed by atoms with Crippen LogP contribution in [0.15, 0.2) is 0 Å². The summed E-state index contributed by atoms with van der Waals surface area (Å²) in [6, 6.07) is -0.0828. The highest BCUT2D eigenvalue weighted by Crippen LogP contribution is 2.30. The fourth-order valence-corrected chi connectivity index (χ4v) is 3.08. The monoisotopic (exact) mass is 233 g/mol. The number of hydrogen-bond acceptors (Lipinski definition) is 5. The molecule has 0 aromatic heterocycles. The molecule has 4 nitrogen and oxygen atoms in total. The van der Waals surface area contributed by atoms with Gasteiger partial charge in [0, 0.05) is 23.5 Å². The van der Waals surface area contributed by atoms with E-state index in [1.165, 1.54) is 7.11 Å². The van der Waals surface area contributed by atoms with Gasteiger partial charge in [0.15, 0.2) is 0 Å². The lowest BCUT2D eigenvalue weighted by Gasteiger charge is -2.15. The Bertz CT molecular complexity index is 213. The van der Waals surface area contributed by atoms with Crippen LogP contribution in [0.5, 0.6) is 0 Å². The molecule has 5 heteroatoms. The smallest absolute Gasteiger partial charge is 0.305 e. The van der Waals surface area contributed by atoms with Crippen molar-refractivity contribution in [3.8, 4) is 0 Å². The van der Waals surface area contributed by atoms with Crippen LogP contribution in [-0.2, 0) is 9.53 Å². The molecule has 1 rings (SSSR count). The fourth-order valence-electron chi connectivity index (χ4n) is 1.68. The number of nitrogens with two attached hydrogens (primary N) is 1. The number of thioether (sulfide) groups is 1. The molecule has 1 aliphatic rings. The molecule has 1 aliphatic heterocycles. The van der Waals surface area contributed by atoms with E-state index < -0.39 is 0 Å². The van der Waals surface area contributed by atoms with Crippen molar-refractivity contribution in [3.05, 3.63) is 0 Å². The number of carbonyl (C=O) groups excluding carboxylic acids is 1. The van der Waals surface area contributed by atoms with E-state index in [0.29, 0.717) is 6.42 Å². The lowest BCUT2D eigenvalue weighted by Crippen LogP contribution is -2.36. The third-order valence-corrected chi connectivity index (χ3v) is 4.19. The quantitative estimate of drug-likeness (QED) is 0.535. The van der Waals surface area contributed by atoms with E-state index in [1.54, 1.807) is 11.8 Å². The Morgan fingerprint density at radius 3 is 2.87 bits per heavy atom. The van der Waals surface area contributed by atoms with Gasteiger partial charge in [0.1, 0.15) is 0 Å². The highest BCUT2D eigenvalue weighted by atomic mass is 32.2. The Labute approximate surface area is 94.6 Å². The lowest BCUT2D eigenvalue weighted by atomic mass is 10.0. The summed E-state index contributed by atoms with van der Waals surface area (Å²) in [6.45, 7) is 0. The summed E-state index contributed by atoms with van der Waals surface area (Å²) in [5, 5.41) is 9.92. The third kappa shape index (κ3) is 4.01. The molecule has 3 N–H and O–H groups in total. The molecule has 15 heavy (non-hydrogen) atoms. The molecule has 1 saturated heterocycles. The largest absolute Gasteiger partial charge is 0.469 e. The molecule has 0 saturated carbocycles. The van der Waals surface area contributed by atoms with Gasteiger partial charge in [0.25, 0.3) is 0 Å². The molecule has 0 radical (unpaired) electrons. The molecule has 1 heterocycles. The number of methoxy groups -OCH3 is 1. The fraction of sp³-hybridized carbons (Fsp3) is 0.900. The number of rotatable bonds is 5. The summed E-state index contributed by atoms with van der Waals surface area (Å²) in [4.78, 5) is 10.8. The first-order chi connectivity index (χ1) is 7.15. The minimum Gasteiger partial charge on any atom is -0.469 e. The van der Waals surface area contributed by atoms with Crippen molar-refractivity contribution in [1.29, 1.82) is 0 Å². The van der Waals surface area contributed by atoms with Crippen LogP contribution in [-0.4, -0.2) is 41.3 Å². The van der Waals surface area contributed by atoms with Crippen LogP contribution in [0.25, 0.3) is 0 Å². The predicted molar refractivity (Wildman–Crippen MR) is 60.7 cm³/mol. The van der Waals surface area contributed by atoms with Crippen LogP contribution in [0.4, 0.5) is 0 Å². The average molecular weight is 233 g/mol. The van der Waals surface area contributed by atoms with Crippen LogP contribution in [0.3, 0.4) is 0 Å².